The van der Waals surface area contributed by atoms with Crippen LogP contribution in [0.3, 0.4) is 0 Å². The summed E-state index contributed by atoms with van der Waals surface area (Å²) in [4.78, 5) is 0. The average Bonchev–Trinajstić information content (AvgIpc) is 2.18. The molecule has 6 heteroatoms. The predicted molar refractivity (Wildman–Crippen MR) is 51.6 cm³/mol. The van der Waals surface area contributed by atoms with Crippen molar-refractivity contribution in [3.05, 3.63) is 0 Å². The van der Waals surface area contributed by atoms with Crippen molar-refractivity contribution < 1.29 is 22.5 Å². The molecule has 0 aromatic heterocycles. The van der Waals surface area contributed by atoms with Crippen molar-refractivity contribution in [1.82, 2.24) is 0 Å². The SMILES string of the molecule is CC(B1OC(C)(C)C(C)(C)O1)C(F)(F)F. The van der Waals surface area contributed by atoms with Crippen LogP contribution in [0.15, 0.2) is 0 Å². The highest BCUT2D eigenvalue weighted by atomic mass is 19.4. The van der Waals surface area contributed by atoms with Gasteiger partial charge >= 0.3 is 13.3 Å². The molecule has 88 valence electrons. The van der Waals surface area contributed by atoms with Crippen LogP contribution >= 0.6 is 0 Å². The minimum absolute atomic E-state index is 0.711. The van der Waals surface area contributed by atoms with E-state index in [1.807, 2.05) is 0 Å². The molecule has 0 radical (unpaired) electrons. The van der Waals surface area contributed by atoms with E-state index in [9.17, 15) is 13.2 Å². The summed E-state index contributed by atoms with van der Waals surface area (Å²) in [7, 11) is -1.21. The zero-order valence-corrected chi connectivity index (χ0v) is 9.61. The number of halogens is 3. The van der Waals surface area contributed by atoms with Crippen LogP contribution in [-0.2, 0) is 9.31 Å². The second kappa shape index (κ2) is 3.38. The van der Waals surface area contributed by atoms with Crippen molar-refractivity contribution in [3.8, 4) is 0 Å². The molecule has 1 aliphatic rings. The molecule has 0 N–H and O–H groups in total. The van der Waals surface area contributed by atoms with Crippen molar-refractivity contribution in [1.29, 1.82) is 0 Å². The second-order valence-electron chi connectivity index (χ2n) is 4.96. The van der Waals surface area contributed by atoms with Gasteiger partial charge in [0.25, 0.3) is 0 Å². The van der Waals surface area contributed by atoms with E-state index in [4.69, 9.17) is 9.31 Å². The van der Waals surface area contributed by atoms with Gasteiger partial charge in [-0.05, 0) is 27.7 Å². The van der Waals surface area contributed by atoms with E-state index in [1.165, 1.54) is 0 Å². The van der Waals surface area contributed by atoms with Crippen LogP contribution in [-0.4, -0.2) is 24.5 Å². The molecule has 0 aromatic rings. The molecule has 0 aromatic carbocycles. The smallest absolute Gasteiger partial charge is 0.403 e. The maximum Gasteiger partial charge on any atom is 0.470 e. The molecule has 0 bridgehead atoms. The Morgan fingerprint density at radius 1 is 1.00 bits per heavy atom. The number of rotatable bonds is 1. The third kappa shape index (κ3) is 2.31. The summed E-state index contributed by atoms with van der Waals surface area (Å²) in [5.41, 5.74) is -1.42. The lowest BCUT2D eigenvalue weighted by atomic mass is 9.73. The average molecular weight is 224 g/mol. The van der Waals surface area contributed by atoms with Crippen LogP contribution < -0.4 is 0 Å². The van der Waals surface area contributed by atoms with Gasteiger partial charge in [-0.2, -0.15) is 13.2 Å². The fourth-order valence-corrected chi connectivity index (χ4v) is 1.25. The van der Waals surface area contributed by atoms with Gasteiger partial charge in [-0.15, -0.1) is 0 Å². The highest BCUT2D eigenvalue weighted by molar-refractivity contribution is 6.47. The zero-order chi connectivity index (χ0) is 12.1. The van der Waals surface area contributed by atoms with Crippen molar-refractivity contribution in [2.24, 2.45) is 0 Å². The first-order chi connectivity index (χ1) is 6.47. The molecule has 1 heterocycles. The Morgan fingerprint density at radius 3 is 1.60 bits per heavy atom. The highest BCUT2D eigenvalue weighted by Crippen LogP contribution is 2.44. The van der Waals surface area contributed by atoms with E-state index < -0.39 is 30.3 Å². The van der Waals surface area contributed by atoms with Crippen molar-refractivity contribution in [2.45, 2.75) is 57.8 Å². The van der Waals surface area contributed by atoms with E-state index in [0.29, 0.717) is 0 Å². The fourth-order valence-electron chi connectivity index (χ4n) is 1.25. The Morgan fingerprint density at radius 2 is 1.33 bits per heavy atom. The van der Waals surface area contributed by atoms with E-state index in [1.54, 1.807) is 27.7 Å². The molecule has 0 amide bonds. The van der Waals surface area contributed by atoms with Gasteiger partial charge in [-0.1, -0.05) is 6.92 Å². The third-order valence-corrected chi connectivity index (χ3v) is 3.20. The molecule has 1 atom stereocenters. The molecule has 1 saturated heterocycles. The maximum atomic E-state index is 12.4. The van der Waals surface area contributed by atoms with Crippen LogP contribution in [0.1, 0.15) is 34.6 Å². The summed E-state index contributed by atoms with van der Waals surface area (Å²) in [6, 6.07) is 0. The Labute approximate surface area is 88.3 Å². The first-order valence-electron chi connectivity index (χ1n) is 4.90. The lowest BCUT2D eigenvalue weighted by Gasteiger charge is -2.32. The van der Waals surface area contributed by atoms with E-state index in [-0.39, 0.29) is 0 Å². The summed E-state index contributed by atoms with van der Waals surface area (Å²) in [6.45, 7) is 8.00. The molecule has 1 fully saturated rings. The molecule has 0 aliphatic carbocycles. The maximum absolute atomic E-state index is 12.4. The standard InChI is InChI=1S/C9H16BF3O2/c1-6(9(11,12)13)10-14-7(2,3)8(4,5)15-10/h6H,1-5H3. The molecule has 2 nitrogen and oxygen atoms in total. The van der Waals surface area contributed by atoms with Crippen LogP contribution in [0.5, 0.6) is 0 Å². The lowest BCUT2D eigenvalue weighted by molar-refractivity contribution is -0.135. The zero-order valence-electron chi connectivity index (χ0n) is 9.61. The summed E-state index contributed by atoms with van der Waals surface area (Å²) in [5, 5.41) is 0. The van der Waals surface area contributed by atoms with Crippen molar-refractivity contribution >= 4 is 7.12 Å². The first-order valence-corrected chi connectivity index (χ1v) is 4.90. The number of alkyl halides is 3. The summed E-state index contributed by atoms with van der Waals surface area (Å²) >= 11 is 0. The molecule has 1 unspecified atom stereocenters. The monoisotopic (exact) mass is 224 g/mol. The van der Waals surface area contributed by atoms with Crippen LogP contribution in [0.2, 0.25) is 5.82 Å². The normalized spacial score (nSPS) is 26.8. The van der Waals surface area contributed by atoms with E-state index >= 15 is 0 Å². The van der Waals surface area contributed by atoms with Gasteiger partial charge in [0, 0.05) is 0 Å². The van der Waals surface area contributed by atoms with E-state index in [0.717, 1.165) is 6.92 Å². The van der Waals surface area contributed by atoms with Gasteiger partial charge in [-0.25, -0.2) is 0 Å². The molecule has 1 aliphatic heterocycles. The molecular weight excluding hydrogens is 208 g/mol. The van der Waals surface area contributed by atoms with Crippen molar-refractivity contribution in [2.75, 3.05) is 0 Å². The molecule has 15 heavy (non-hydrogen) atoms. The van der Waals surface area contributed by atoms with Gasteiger partial charge in [0.1, 0.15) is 0 Å². The number of hydrogen-bond acceptors (Lipinski definition) is 2. The number of hydrogen-bond donors (Lipinski definition) is 0. The third-order valence-electron chi connectivity index (χ3n) is 3.20. The molecule has 0 spiro atoms. The van der Waals surface area contributed by atoms with Gasteiger partial charge in [0.05, 0.1) is 17.0 Å². The lowest BCUT2D eigenvalue weighted by Crippen LogP contribution is -2.41. The fraction of sp³-hybridized carbons (Fsp3) is 1.00. The topological polar surface area (TPSA) is 18.5 Å². The quantitative estimate of drug-likeness (QED) is 0.637. The Hall–Kier alpha value is -0.225. The van der Waals surface area contributed by atoms with Crippen LogP contribution in [0.25, 0.3) is 0 Å². The largest absolute Gasteiger partial charge is 0.470 e. The van der Waals surface area contributed by atoms with Gasteiger partial charge in [-0.3, -0.25) is 0 Å². The van der Waals surface area contributed by atoms with Gasteiger partial charge < -0.3 is 9.31 Å². The van der Waals surface area contributed by atoms with Gasteiger partial charge in [0.2, 0.25) is 0 Å². The Kier molecular flexibility index (Phi) is 2.90. The highest BCUT2D eigenvalue weighted by Gasteiger charge is 2.58. The van der Waals surface area contributed by atoms with E-state index in [2.05, 4.69) is 0 Å². The van der Waals surface area contributed by atoms with Crippen LogP contribution in [0, 0.1) is 0 Å². The first kappa shape index (κ1) is 12.8. The molecule has 1 rings (SSSR count). The minimum atomic E-state index is -4.29. The Balaban J connectivity index is 2.80. The summed E-state index contributed by atoms with van der Waals surface area (Å²) < 4.78 is 48.0. The summed E-state index contributed by atoms with van der Waals surface area (Å²) in [5.74, 6) is -1.61. The van der Waals surface area contributed by atoms with Crippen LogP contribution in [0.4, 0.5) is 13.2 Å². The minimum Gasteiger partial charge on any atom is -0.403 e. The Bertz CT molecular complexity index is 234. The van der Waals surface area contributed by atoms with Crippen molar-refractivity contribution in [3.63, 3.8) is 0 Å². The molecule has 0 saturated carbocycles. The van der Waals surface area contributed by atoms with Gasteiger partial charge in [0.15, 0.2) is 0 Å². The molecular formula is C9H16BF3O2. The second-order valence-corrected chi connectivity index (χ2v) is 4.96. The predicted octanol–water partition coefficient (Wildman–Crippen LogP) is 3.03. The summed E-state index contributed by atoms with van der Waals surface area (Å²) in [6.07, 6.45) is -4.29.